The molecule has 0 spiro atoms. The van der Waals surface area contributed by atoms with E-state index in [9.17, 15) is 4.79 Å². The maximum absolute atomic E-state index is 11.9. The normalized spacial score (nSPS) is 10.2. The summed E-state index contributed by atoms with van der Waals surface area (Å²) >= 11 is 0. The largest absolute Gasteiger partial charge is 0.398 e. The predicted molar refractivity (Wildman–Crippen MR) is 66.8 cm³/mol. The monoisotopic (exact) mass is 230 g/mol. The van der Waals surface area contributed by atoms with Crippen molar-refractivity contribution in [3.8, 4) is 0 Å². The molecule has 2 aromatic rings. The molecule has 0 fully saturated rings. The zero-order chi connectivity index (χ0) is 12.4. The average molecular weight is 230 g/mol. The first-order valence-corrected chi connectivity index (χ1v) is 5.22. The fraction of sp³-hybridized carbons (Fsp3) is 0.167. The summed E-state index contributed by atoms with van der Waals surface area (Å²) in [5.74, 6) is -0.226. The summed E-state index contributed by atoms with van der Waals surface area (Å²) in [5, 5.41) is 6.71. The highest BCUT2D eigenvalue weighted by Gasteiger charge is 2.10. The summed E-state index contributed by atoms with van der Waals surface area (Å²) in [5.41, 5.74) is 8.43. The van der Waals surface area contributed by atoms with Crippen molar-refractivity contribution < 1.29 is 4.79 Å². The van der Waals surface area contributed by atoms with Gasteiger partial charge in [0.1, 0.15) is 0 Å². The molecule has 88 valence electrons. The topological polar surface area (TPSA) is 72.9 Å². The van der Waals surface area contributed by atoms with Crippen LogP contribution in [0.1, 0.15) is 15.9 Å². The third kappa shape index (κ3) is 2.44. The van der Waals surface area contributed by atoms with E-state index in [0.29, 0.717) is 16.9 Å². The van der Waals surface area contributed by atoms with Gasteiger partial charge in [-0.2, -0.15) is 5.10 Å². The summed E-state index contributed by atoms with van der Waals surface area (Å²) in [6, 6.07) is 5.35. The maximum atomic E-state index is 11.9. The Kier molecular flexibility index (Phi) is 2.82. The van der Waals surface area contributed by atoms with Crippen LogP contribution in [0.2, 0.25) is 0 Å². The van der Waals surface area contributed by atoms with Gasteiger partial charge in [-0.1, -0.05) is 6.07 Å². The Hall–Kier alpha value is -2.30. The summed E-state index contributed by atoms with van der Waals surface area (Å²) < 4.78 is 1.62. The molecule has 5 heteroatoms. The van der Waals surface area contributed by atoms with Gasteiger partial charge in [0.2, 0.25) is 0 Å². The number of carbonyl (C=O) groups is 1. The highest BCUT2D eigenvalue weighted by atomic mass is 16.1. The lowest BCUT2D eigenvalue weighted by molar-refractivity contribution is 0.102. The van der Waals surface area contributed by atoms with Gasteiger partial charge < -0.3 is 11.1 Å². The Morgan fingerprint density at radius 2 is 2.24 bits per heavy atom. The first-order chi connectivity index (χ1) is 8.06. The Balaban J connectivity index is 2.20. The van der Waals surface area contributed by atoms with Crippen molar-refractivity contribution in [2.45, 2.75) is 6.92 Å². The molecule has 0 bridgehead atoms. The zero-order valence-electron chi connectivity index (χ0n) is 9.77. The molecule has 5 nitrogen and oxygen atoms in total. The Labute approximate surface area is 99.2 Å². The summed E-state index contributed by atoms with van der Waals surface area (Å²) in [6.45, 7) is 1.93. The fourth-order valence-electron chi connectivity index (χ4n) is 1.57. The van der Waals surface area contributed by atoms with Crippen LogP contribution in [0, 0.1) is 6.92 Å². The lowest BCUT2D eigenvalue weighted by Crippen LogP contribution is -2.13. The number of amides is 1. The molecule has 1 aromatic carbocycles. The van der Waals surface area contributed by atoms with E-state index in [1.807, 2.05) is 13.0 Å². The maximum Gasteiger partial charge on any atom is 0.257 e. The van der Waals surface area contributed by atoms with E-state index in [1.54, 1.807) is 36.3 Å². The molecule has 1 heterocycles. The molecule has 0 aliphatic carbocycles. The second kappa shape index (κ2) is 4.29. The van der Waals surface area contributed by atoms with E-state index < -0.39 is 0 Å². The molecule has 0 saturated carbocycles. The standard InChI is InChI=1S/C12H14N4O/c1-8-3-4-10(11(13)5-8)12(17)15-9-6-14-16(2)7-9/h3-7H,13H2,1-2H3,(H,15,17). The summed E-state index contributed by atoms with van der Waals surface area (Å²) in [6.07, 6.45) is 3.31. The minimum Gasteiger partial charge on any atom is -0.398 e. The van der Waals surface area contributed by atoms with Gasteiger partial charge in [0.25, 0.3) is 5.91 Å². The minimum absolute atomic E-state index is 0.226. The van der Waals surface area contributed by atoms with Crippen molar-refractivity contribution >= 4 is 17.3 Å². The van der Waals surface area contributed by atoms with Gasteiger partial charge in [-0.25, -0.2) is 0 Å². The average Bonchev–Trinajstić information content (AvgIpc) is 2.63. The van der Waals surface area contributed by atoms with Gasteiger partial charge in [0, 0.05) is 18.9 Å². The van der Waals surface area contributed by atoms with E-state index in [1.165, 1.54) is 0 Å². The van der Waals surface area contributed by atoms with Crippen molar-refractivity contribution in [3.63, 3.8) is 0 Å². The fourth-order valence-corrected chi connectivity index (χ4v) is 1.57. The quantitative estimate of drug-likeness (QED) is 0.769. The van der Waals surface area contributed by atoms with Crippen LogP contribution in [0.5, 0.6) is 0 Å². The third-order valence-electron chi connectivity index (χ3n) is 2.41. The number of benzene rings is 1. The SMILES string of the molecule is Cc1ccc(C(=O)Nc2cnn(C)c2)c(N)c1. The molecule has 0 unspecified atom stereocenters. The molecule has 1 amide bonds. The number of aromatic nitrogens is 2. The number of hydrogen-bond donors (Lipinski definition) is 2. The second-order valence-electron chi connectivity index (χ2n) is 3.95. The molecule has 17 heavy (non-hydrogen) atoms. The number of nitrogens with two attached hydrogens (primary N) is 1. The molecular formula is C12H14N4O. The minimum atomic E-state index is -0.226. The number of aryl methyl sites for hydroxylation is 2. The van der Waals surface area contributed by atoms with E-state index in [4.69, 9.17) is 5.73 Å². The van der Waals surface area contributed by atoms with Crippen LogP contribution in [0.4, 0.5) is 11.4 Å². The number of nitrogens with one attached hydrogen (secondary N) is 1. The lowest BCUT2D eigenvalue weighted by atomic mass is 10.1. The Morgan fingerprint density at radius 1 is 1.47 bits per heavy atom. The number of hydrogen-bond acceptors (Lipinski definition) is 3. The number of nitrogen functional groups attached to an aromatic ring is 1. The first-order valence-electron chi connectivity index (χ1n) is 5.22. The van der Waals surface area contributed by atoms with Crippen molar-refractivity contribution in [3.05, 3.63) is 41.7 Å². The number of nitrogens with zero attached hydrogens (tertiary/aromatic N) is 2. The molecule has 0 aliphatic rings. The van der Waals surface area contributed by atoms with Crippen LogP contribution in [0.3, 0.4) is 0 Å². The van der Waals surface area contributed by atoms with Crippen LogP contribution < -0.4 is 11.1 Å². The van der Waals surface area contributed by atoms with Crippen molar-refractivity contribution in [1.29, 1.82) is 0 Å². The van der Waals surface area contributed by atoms with Crippen LogP contribution in [-0.2, 0) is 7.05 Å². The third-order valence-corrected chi connectivity index (χ3v) is 2.41. The van der Waals surface area contributed by atoms with Gasteiger partial charge in [0.05, 0.1) is 17.4 Å². The van der Waals surface area contributed by atoms with Crippen LogP contribution >= 0.6 is 0 Å². The van der Waals surface area contributed by atoms with Gasteiger partial charge >= 0.3 is 0 Å². The number of carbonyl (C=O) groups excluding carboxylic acids is 1. The van der Waals surface area contributed by atoms with Gasteiger partial charge in [0.15, 0.2) is 0 Å². The summed E-state index contributed by atoms with van der Waals surface area (Å²) in [7, 11) is 1.79. The van der Waals surface area contributed by atoms with Gasteiger partial charge in [-0.05, 0) is 24.6 Å². The number of rotatable bonds is 2. The van der Waals surface area contributed by atoms with Crippen LogP contribution in [-0.4, -0.2) is 15.7 Å². The molecular weight excluding hydrogens is 216 g/mol. The first kappa shape index (κ1) is 11.2. The van der Waals surface area contributed by atoms with E-state index >= 15 is 0 Å². The van der Waals surface area contributed by atoms with Crippen molar-refractivity contribution in [1.82, 2.24) is 9.78 Å². The van der Waals surface area contributed by atoms with Crippen molar-refractivity contribution in [2.75, 3.05) is 11.1 Å². The Morgan fingerprint density at radius 3 is 2.82 bits per heavy atom. The smallest absolute Gasteiger partial charge is 0.257 e. The van der Waals surface area contributed by atoms with Gasteiger partial charge in [-0.3, -0.25) is 9.48 Å². The molecule has 0 saturated heterocycles. The summed E-state index contributed by atoms with van der Waals surface area (Å²) in [4.78, 5) is 11.9. The van der Waals surface area contributed by atoms with Gasteiger partial charge in [-0.15, -0.1) is 0 Å². The van der Waals surface area contributed by atoms with Crippen LogP contribution in [0.25, 0.3) is 0 Å². The van der Waals surface area contributed by atoms with E-state index in [-0.39, 0.29) is 5.91 Å². The van der Waals surface area contributed by atoms with E-state index in [2.05, 4.69) is 10.4 Å². The lowest BCUT2D eigenvalue weighted by Gasteiger charge is -2.06. The number of anilines is 2. The van der Waals surface area contributed by atoms with E-state index in [0.717, 1.165) is 5.56 Å². The predicted octanol–water partition coefficient (Wildman–Crippen LogP) is 1.56. The Bertz CT molecular complexity index is 559. The molecule has 1 aromatic heterocycles. The van der Waals surface area contributed by atoms with Crippen LogP contribution in [0.15, 0.2) is 30.6 Å². The molecule has 2 rings (SSSR count). The highest BCUT2D eigenvalue weighted by molar-refractivity contribution is 6.07. The molecule has 0 radical (unpaired) electrons. The molecule has 0 atom stereocenters. The zero-order valence-corrected chi connectivity index (χ0v) is 9.77. The molecule has 3 N–H and O–H groups in total. The molecule has 0 aliphatic heterocycles. The van der Waals surface area contributed by atoms with Crippen molar-refractivity contribution in [2.24, 2.45) is 7.05 Å². The highest BCUT2D eigenvalue weighted by Crippen LogP contribution is 2.15. The second-order valence-corrected chi connectivity index (χ2v) is 3.95.